The second kappa shape index (κ2) is 9.11. The van der Waals surface area contributed by atoms with Crippen LogP contribution in [0.15, 0.2) is 29.2 Å². The molecule has 2 rings (SSSR count). The third-order valence-electron chi connectivity index (χ3n) is 4.19. The number of nitrogens with zero attached hydrogens (tertiary/aromatic N) is 2. The molecule has 0 aliphatic carbocycles. The van der Waals surface area contributed by atoms with Crippen LogP contribution in [0.3, 0.4) is 0 Å². The Balaban J connectivity index is 1.89. The van der Waals surface area contributed by atoms with E-state index in [1.807, 2.05) is 0 Å². The van der Waals surface area contributed by atoms with E-state index in [4.69, 9.17) is 4.74 Å². The second-order valence-electron chi connectivity index (χ2n) is 6.14. The lowest BCUT2D eigenvalue weighted by Crippen LogP contribution is -2.52. The van der Waals surface area contributed by atoms with E-state index >= 15 is 0 Å². The van der Waals surface area contributed by atoms with Gasteiger partial charge in [0.05, 0.1) is 18.0 Å². The molecule has 1 saturated heterocycles. The molecule has 0 aromatic heterocycles. The number of sulfone groups is 1. The fourth-order valence-corrected chi connectivity index (χ4v) is 3.35. The number of carbonyl (C=O) groups excluding carboxylic acids is 2. The average molecular weight is 383 g/mol. The smallest absolute Gasteiger partial charge is 0.254 e. The number of methoxy groups -OCH3 is 1. The summed E-state index contributed by atoms with van der Waals surface area (Å²) < 4.78 is 28.2. The molecule has 1 aromatic rings. The van der Waals surface area contributed by atoms with Gasteiger partial charge in [0.2, 0.25) is 5.91 Å². The molecule has 0 radical (unpaired) electrons. The molecular weight excluding hydrogens is 358 g/mol. The summed E-state index contributed by atoms with van der Waals surface area (Å²) in [6.07, 6.45) is 1.11. The Bertz CT molecular complexity index is 743. The molecule has 0 bridgehead atoms. The summed E-state index contributed by atoms with van der Waals surface area (Å²) >= 11 is 0. The molecule has 0 spiro atoms. The van der Waals surface area contributed by atoms with Crippen LogP contribution in [0, 0.1) is 0 Å². The lowest BCUT2D eigenvalue weighted by atomic mass is 10.2. The normalized spacial score (nSPS) is 15.2. The van der Waals surface area contributed by atoms with Gasteiger partial charge in [0.15, 0.2) is 9.84 Å². The van der Waals surface area contributed by atoms with Gasteiger partial charge >= 0.3 is 0 Å². The molecular formula is C17H25N3O5S. The molecule has 1 aromatic carbocycles. The first-order valence-corrected chi connectivity index (χ1v) is 10.3. The fourth-order valence-electron chi connectivity index (χ4n) is 2.68. The van der Waals surface area contributed by atoms with Crippen molar-refractivity contribution in [1.29, 1.82) is 0 Å². The van der Waals surface area contributed by atoms with Crippen LogP contribution in [-0.2, 0) is 19.4 Å². The van der Waals surface area contributed by atoms with Gasteiger partial charge in [-0.3, -0.25) is 9.59 Å². The minimum Gasteiger partial charge on any atom is -0.383 e. The molecule has 0 atom stereocenters. The predicted octanol–water partition coefficient (Wildman–Crippen LogP) is -0.389. The van der Waals surface area contributed by atoms with E-state index in [9.17, 15) is 18.0 Å². The van der Waals surface area contributed by atoms with Crippen molar-refractivity contribution in [3.8, 4) is 0 Å². The van der Waals surface area contributed by atoms with E-state index in [-0.39, 0.29) is 23.3 Å². The third kappa shape index (κ3) is 5.52. The van der Waals surface area contributed by atoms with Gasteiger partial charge in [-0.1, -0.05) is 6.07 Å². The molecule has 26 heavy (non-hydrogen) atoms. The van der Waals surface area contributed by atoms with Gasteiger partial charge in [-0.25, -0.2) is 8.42 Å². The maximum Gasteiger partial charge on any atom is 0.254 e. The number of nitrogens with one attached hydrogen (secondary N) is 1. The SMILES string of the molecule is COCCNCC(=O)N1CCN(C(=O)c2cccc(S(C)(=O)=O)c2)CC1. The van der Waals surface area contributed by atoms with Crippen LogP contribution in [0.25, 0.3) is 0 Å². The monoisotopic (exact) mass is 383 g/mol. The van der Waals surface area contributed by atoms with E-state index in [2.05, 4.69) is 5.32 Å². The molecule has 1 heterocycles. The number of rotatable bonds is 7. The van der Waals surface area contributed by atoms with Crippen molar-refractivity contribution in [1.82, 2.24) is 15.1 Å². The summed E-state index contributed by atoms with van der Waals surface area (Å²) in [6, 6.07) is 6.04. The molecule has 2 amide bonds. The van der Waals surface area contributed by atoms with E-state index in [1.165, 1.54) is 12.1 Å². The number of carbonyl (C=O) groups is 2. The van der Waals surface area contributed by atoms with Gasteiger partial charge < -0.3 is 19.9 Å². The van der Waals surface area contributed by atoms with E-state index in [0.717, 1.165) is 6.26 Å². The van der Waals surface area contributed by atoms with E-state index < -0.39 is 9.84 Å². The van der Waals surface area contributed by atoms with Crippen molar-refractivity contribution in [2.75, 3.05) is 59.2 Å². The molecule has 1 aliphatic heterocycles. The largest absolute Gasteiger partial charge is 0.383 e. The summed E-state index contributed by atoms with van der Waals surface area (Å²) in [5.41, 5.74) is 0.342. The summed E-state index contributed by atoms with van der Waals surface area (Å²) in [7, 11) is -1.76. The highest BCUT2D eigenvalue weighted by Crippen LogP contribution is 2.14. The van der Waals surface area contributed by atoms with Gasteiger partial charge in [-0.05, 0) is 18.2 Å². The average Bonchev–Trinajstić information content (AvgIpc) is 2.64. The number of benzene rings is 1. The van der Waals surface area contributed by atoms with Crippen LogP contribution in [-0.4, -0.2) is 89.3 Å². The third-order valence-corrected chi connectivity index (χ3v) is 5.30. The van der Waals surface area contributed by atoms with Gasteiger partial charge in [-0.2, -0.15) is 0 Å². The number of piperazine rings is 1. The Hall–Kier alpha value is -1.97. The van der Waals surface area contributed by atoms with Crippen LogP contribution in [0.5, 0.6) is 0 Å². The highest BCUT2D eigenvalue weighted by Gasteiger charge is 2.25. The van der Waals surface area contributed by atoms with Crippen molar-refractivity contribution in [2.45, 2.75) is 4.90 Å². The van der Waals surface area contributed by atoms with Gasteiger partial charge in [-0.15, -0.1) is 0 Å². The second-order valence-corrected chi connectivity index (χ2v) is 8.16. The zero-order valence-corrected chi connectivity index (χ0v) is 15.9. The Labute approximate surface area is 154 Å². The highest BCUT2D eigenvalue weighted by molar-refractivity contribution is 7.90. The molecule has 1 aliphatic rings. The Morgan fingerprint density at radius 3 is 2.42 bits per heavy atom. The fraction of sp³-hybridized carbons (Fsp3) is 0.529. The summed E-state index contributed by atoms with van der Waals surface area (Å²) in [4.78, 5) is 28.2. The summed E-state index contributed by atoms with van der Waals surface area (Å²) in [5.74, 6) is -0.229. The molecule has 0 unspecified atom stereocenters. The lowest BCUT2D eigenvalue weighted by Gasteiger charge is -2.35. The Morgan fingerprint density at radius 1 is 1.15 bits per heavy atom. The maximum absolute atomic E-state index is 12.6. The van der Waals surface area contributed by atoms with Gasteiger partial charge in [0.1, 0.15) is 0 Å². The van der Waals surface area contributed by atoms with Crippen LogP contribution < -0.4 is 5.32 Å². The summed E-state index contributed by atoms with van der Waals surface area (Å²) in [6.45, 7) is 3.16. The van der Waals surface area contributed by atoms with Gasteiger partial charge in [0.25, 0.3) is 5.91 Å². The van der Waals surface area contributed by atoms with E-state index in [1.54, 1.807) is 29.0 Å². The molecule has 9 heteroatoms. The molecule has 1 fully saturated rings. The quantitative estimate of drug-likeness (QED) is 0.645. The minimum atomic E-state index is -3.36. The first-order valence-electron chi connectivity index (χ1n) is 8.40. The van der Waals surface area contributed by atoms with Gasteiger partial charge in [0, 0.05) is 51.7 Å². The van der Waals surface area contributed by atoms with Crippen molar-refractivity contribution in [3.05, 3.63) is 29.8 Å². The van der Waals surface area contributed by atoms with Crippen molar-refractivity contribution in [3.63, 3.8) is 0 Å². The Morgan fingerprint density at radius 2 is 1.81 bits per heavy atom. The standard InChI is InChI=1S/C17H25N3O5S/c1-25-11-6-18-13-16(21)19-7-9-20(10-8-19)17(22)14-4-3-5-15(12-14)26(2,23)24/h3-5,12,18H,6-11,13H2,1-2H3. The number of ether oxygens (including phenoxy) is 1. The molecule has 1 N–H and O–H groups in total. The maximum atomic E-state index is 12.6. The van der Waals surface area contributed by atoms with Crippen LogP contribution >= 0.6 is 0 Å². The summed E-state index contributed by atoms with van der Waals surface area (Å²) in [5, 5.41) is 3.01. The van der Waals surface area contributed by atoms with Crippen molar-refractivity contribution >= 4 is 21.7 Å². The van der Waals surface area contributed by atoms with Crippen molar-refractivity contribution < 1.29 is 22.7 Å². The van der Waals surface area contributed by atoms with Crippen LogP contribution in [0.2, 0.25) is 0 Å². The molecule has 8 nitrogen and oxygen atoms in total. The Kier molecular flexibility index (Phi) is 7.13. The molecule has 144 valence electrons. The number of amides is 2. The predicted molar refractivity (Wildman–Crippen MR) is 96.8 cm³/mol. The van der Waals surface area contributed by atoms with Crippen LogP contribution in [0.1, 0.15) is 10.4 Å². The number of hydrogen-bond donors (Lipinski definition) is 1. The first-order chi connectivity index (χ1) is 12.3. The van der Waals surface area contributed by atoms with E-state index in [0.29, 0.717) is 44.9 Å². The zero-order valence-electron chi connectivity index (χ0n) is 15.1. The zero-order chi connectivity index (χ0) is 19.2. The first kappa shape index (κ1) is 20.3. The topological polar surface area (TPSA) is 96.0 Å². The molecule has 0 saturated carbocycles. The lowest BCUT2D eigenvalue weighted by molar-refractivity contribution is -0.131. The minimum absolute atomic E-state index is 0.00715. The van der Waals surface area contributed by atoms with Crippen molar-refractivity contribution in [2.24, 2.45) is 0 Å². The van der Waals surface area contributed by atoms with Crippen LogP contribution in [0.4, 0.5) is 0 Å². The highest BCUT2D eigenvalue weighted by atomic mass is 32.2. The number of hydrogen-bond acceptors (Lipinski definition) is 6.